The summed E-state index contributed by atoms with van der Waals surface area (Å²) in [4.78, 5) is 41.9. The van der Waals surface area contributed by atoms with Gasteiger partial charge in [-0.1, -0.05) is 28.1 Å². The number of nitrogens with zero attached hydrogens (tertiary/aromatic N) is 4. The number of carbonyl (C=O) groups excluding carboxylic acids is 2. The van der Waals surface area contributed by atoms with Crippen LogP contribution in [-0.2, 0) is 16.1 Å². The number of non-ortho nitro benzene ring substituents is 1. The Morgan fingerprint density at radius 2 is 1.79 bits per heavy atom. The van der Waals surface area contributed by atoms with E-state index in [0.717, 1.165) is 4.47 Å². The summed E-state index contributed by atoms with van der Waals surface area (Å²) in [6, 6.07) is 11.5. The molecule has 1 unspecified atom stereocenters. The molecule has 0 radical (unpaired) electrons. The highest BCUT2D eigenvalue weighted by Crippen LogP contribution is 2.40. The summed E-state index contributed by atoms with van der Waals surface area (Å²) >= 11 is 3.33. The van der Waals surface area contributed by atoms with Crippen LogP contribution in [0.25, 0.3) is 5.76 Å². The largest absolute Gasteiger partial charge is 0.507 e. The van der Waals surface area contributed by atoms with E-state index in [0.29, 0.717) is 24.1 Å². The first-order valence-electron chi connectivity index (χ1n) is 10.1. The molecule has 1 amide bonds. The fourth-order valence-electron chi connectivity index (χ4n) is 3.84. The predicted molar refractivity (Wildman–Crippen MR) is 123 cm³/mol. The van der Waals surface area contributed by atoms with Gasteiger partial charge in [0.15, 0.2) is 0 Å². The molecule has 9 nitrogen and oxygen atoms in total. The molecule has 1 atom stereocenters. The molecule has 1 N–H and O–H groups in total. The molecule has 168 valence electrons. The number of amides is 1. The van der Waals surface area contributed by atoms with E-state index in [2.05, 4.69) is 20.9 Å². The molecule has 0 spiro atoms. The summed E-state index contributed by atoms with van der Waals surface area (Å²) in [5, 5.41) is 22.1. The Morgan fingerprint density at radius 3 is 2.39 bits per heavy atom. The van der Waals surface area contributed by atoms with Crippen molar-refractivity contribution in [1.29, 1.82) is 0 Å². The summed E-state index contributed by atoms with van der Waals surface area (Å²) in [7, 11) is 0. The van der Waals surface area contributed by atoms with Crippen LogP contribution in [0.3, 0.4) is 0 Å². The average Bonchev–Trinajstić information content (AvgIpc) is 3.41. The molecule has 1 aromatic heterocycles. The minimum absolute atomic E-state index is 0.0428. The summed E-state index contributed by atoms with van der Waals surface area (Å²) in [5.41, 5.74) is 0.741. The van der Waals surface area contributed by atoms with Gasteiger partial charge in [-0.25, -0.2) is 4.98 Å². The number of aromatic nitrogens is 2. The lowest BCUT2D eigenvalue weighted by Gasteiger charge is -2.25. The van der Waals surface area contributed by atoms with E-state index >= 15 is 0 Å². The number of likely N-dealkylation sites (tertiary alicyclic amines) is 1. The van der Waals surface area contributed by atoms with E-state index in [1.807, 2.05) is 4.57 Å². The number of Topliss-reactive ketones (excluding diaryl/α,β-unsaturated/α-hetero) is 1. The Bertz CT molecular complexity index is 1220. The highest BCUT2D eigenvalue weighted by atomic mass is 79.9. The summed E-state index contributed by atoms with van der Waals surface area (Å²) in [5.74, 6) is -1.80. The third-order valence-electron chi connectivity index (χ3n) is 5.45. The molecule has 33 heavy (non-hydrogen) atoms. The van der Waals surface area contributed by atoms with E-state index in [9.17, 15) is 24.8 Å². The lowest BCUT2D eigenvalue weighted by atomic mass is 9.95. The minimum Gasteiger partial charge on any atom is -0.507 e. The highest BCUT2D eigenvalue weighted by molar-refractivity contribution is 9.10. The maximum absolute atomic E-state index is 13.0. The zero-order chi connectivity index (χ0) is 23.5. The summed E-state index contributed by atoms with van der Waals surface area (Å²) in [6.07, 6.45) is 5.66. The molecule has 1 saturated heterocycles. The Labute approximate surface area is 197 Å². The van der Waals surface area contributed by atoms with Gasteiger partial charge >= 0.3 is 0 Å². The molecule has 2 heterocycles. The number of aliphatic hydroxyl groups is 1. The Kier molecular flexibility index (Phi) is 6.36. The molecule has 3 aromatic rings. The van der Waals surface area contributed by atoms with Crippen LogP contribution in [0.4, 0.5) is 5.69 Å². The van der Waals surface area contributed by atoms with Crippen molar-refractivity contribution in [2.45, 2.75) is 19.0 Å². The van der Waals surface area contributed by atoms with Gasteiger partial charge < -0.3 is 14.6 Å². The fourth-order valence-corrected chi connectivity index (χ4v) is 4.11. The van der Waals surface area contributed by atoms with E-state index in [4.69, 9.17) is 0 Å². The van der Waals surface area contributed by atoms with Crippen LogP contribution >= 0.6 is 15.9 Å². The zero-order valence-corrected chi connectivity index (χ0v) is 18.9. The predicted octanol–water partition coefficient (Wildman–Crippen LogP) is 4.07. The second kappa shape index (κ2) is 9.37. The quantitative estimate of drug-likeness (QED) is 0.168. The van der Waals surface area contributed by atoms with Crippen molar-refractivity contribution in [3.63, 3.8) is 0 Å². The number of rotatable bonds is 7. The zero-order valence-electron chi connectivity index (χ0n) is 17.3. The van der Waals surface area contributed by atoms with E-state index < -0.39 is 22.7 Å². The molecule has 0 saturated carbocycles. The number of aliphatic hydroxyl groups excluding tert-OH is 1. The van der Waals surface area contributed by atoms with Crippen molar-refractivity contribution in [2.24, 2.45) is 0 Å². The molecule has 10 heteroatoms. The first-order chi connectivity index (χ1) is 15.9. The van der Waals surface area contributed by atoms with Gasteiger partial charge in [0.2, 0.25) is 0 Å². The molecular formula is C23H19BrN4O5. The minimum atomic E-state index is -0.864. The molecular weight excluding hydrogens is 492 g/mol. The Morgan fingerprint density at radius 1 is 1.09 bits per heavy atom. The topological polar surface area (TPSA) is 119 Å². The lowest BCUT2D eigenvalue weighted by Crippen LogP contribution is -2.31. The summed E-state index contributed by atoms with van der Waals surface area (Å²) in [6.45, 7) is 0.838. The normalized spacial score (nSPS) is 17.5. The number of aryl methyl sites for hydroxylation is 1. The molecule has 0 aliphatic carbocycles. The maximum Gasteiger partial charge on any atom is 0.295 e. The van der Waals surface area contributed by atoms with Gasteiger partial charge in [-0.05, 0) is 36.2 Å². The fraction of sp³-hybridized carbons (Fsp3) is 0.174. The van der Waals surface area contributed by atoms with Crippen LogP contribution in [0.2, 0.25) is 0 Å². The SMILES string of the molecule is O=C1C(=O)N(CCCn2ccnc2)C(c2ccc([N+](=O)[O-])cc2)C1=C(O)c1ccc(Br)cc1. The third kappa shape index (κ3) is 4.56. The Balaban J connectivity index is 1.74. The van der Waals surface area contributed by atoms with Crippen molar-refractivity contribution in [3.05, 3.63) is 98.5 Å². The highest BCUT2D eigenvalue weighted by Gasteiger charge is 2.45. The van der Waals surface area contributed by atoms with Crippen molar-refractivity contribution in [3.8, 4) is 0 Å². The standard InChI is InChI=1S/C23H19BrN4O5/c24-17-6-2-16(3-7-17)21(29)19-20(15-4-8-18(9-5-15)28(32)33)27(23(31)22(19)30)12-1-11-26-13-10-25-14-26/h2-10,13-14,20,29H,1,11-12H2. The van der Waals surface area contributed by atoms with Crippen molar-refractivity contribution in [2.75, 3.05) is 6.54 Å². The molecule has 2 aromatic carbocycles. The van der Waals surface area contributed by atoms with Crippen molar-refractivity contribution >= 4 is 39.1 Å². The molecule has 4 rings (SSSR count). The first kappa shape index (κ1) is 22.4. The number of carbonyl (C=O) groups is 2. The van der Waals surface area contributed by atoms with E-state index in [1.54, 1.807) is 43.0 Å². The third-order valence-corrected chi connectivity index (χ3v) is 5.98. The van der Waals surface area contributed by atoms with Gasteiger partial charge in [0.25, 0.3) is 17.4 Å². The number of halogens is 1. The first-order valence-corrected chi connectivity index (χ1v) is 10.9. The van der Waals surface area contributed by atoms with Crippen molar-refractivity contribution < 1.29 is 19.6 Å². The van der Waals surface area contributed by atoms with Gasteiger partial charge in [0.1, 0.15) is 5.76 Å². The number of hydrogen-bond donors (Lipinski definition) is 1. The van der Waals surface area contributed by atoms with Gasteiger partial charge in [-0.3, -0.25) is 19.7 Å². The second-order valence-electron chi connectivity index (χ2n) is 7.50. The van der Waals surface area contributed by atoms with Gasteiger partial charge in [0, 0.05) is 47.7 Å². The van der Waals surface area contributed by atoms with Crippen LogP contribution in [0.15, 0.2) is 77.3 Å². The van der Waals surface area contributed by atoms with Gasteiger partial charge in [-0.15, -0.1) is 0 Å². The lowest BCUT2D eigenvalue weighted by molar-refractivity contribution is -0.384. The van der Waals surface area contributed by atoms with Crippen LogP contribution < -0.4 is 0 Å². The second-order valence-corrected chi connectivity index (χ2v) is 8.42. The van der Waals surface area contributed by atoms with Gasteiger partial charge in [-0.2, -0.15) is 0 Å². The van der Waals surface area contributed by atoms with Crippen LogP contribution in [0.5, 0.6) is 0 Å². The molecule has 1 aliphatic heterocycles. The van der Waals surface area contributed by atoms with E-state index in [-0.39, 0.29) is 23.6 Å². The molecule has 1 aliphatic rings. The number of imidazole rings is 1. The van der Waals surface area contributed by atoms with Crippen LogP contribution in [-0.4, -0.2) is 42.7 Å². The molecule has 1 fully saturated rings. The number of benzene rings is 2. The average molecular weight is 511 g/mol. The van der Waals surface area contributed by atoms with Gasteiger partial charge in [0.05, 0.1) is 22.9 Å². The van der Waals surface area contributed by atoms with Crippen molar-refractivity contribution in [1.82, 2.24) is 14.5 Å². The molecule has 0 bridgehead atoms. The van der Waals surface area contributed by atoms with Crippen LogP contribution in [0.1, 0.15) is 23.6 Å². The van der Waals surface area contributed by atoms with Crippen LogP contribution in [0, 0.1) is 10.1 Å². The number of nitro groups is 1. The monoisotopic (exact) mass is 510 g/mol. The number of nitro benzene ring substituents is 1. The summed E-state index contributed by atoms with van der Waals surface area (Å²) < 4.78 is 2.66. The smallest absolute Gasteiger partial charge is 0.295 e. The number of hydrogen-bond acceptors (Lipinski definition) is 6. The maximum atomic E-state index is 13.0. The number of ketones is 1. The Hall–Kier alpha value is -3.79. The van der Waals surface area contributed by atoms with E-state index in [1.165, 1.54) is 29.2 Å².